The summed E-state index contributed by atoms with van der Waals surface area (Å²) in [5.41, 5.74) is -0.788. The molecule has 1 aromatic rings. The van der Waals surface area contributed by atoms with Crippen LogP contribution in [0.5, 0.6) is 0 Å². The third-order valence-corrected chi connectivity index (χ3v) is 4.12. The van der Waals surface area contributed by atoms with Crippen LogP contribution in [0.1, 0.15) is 53.8 Å². The van der Waals surface area contributed by atoms with Gasteiger partial charge in [0.2, 0.25) is 5.82 Å². The number of ether oxygens (including phenoxy) is 1. The van der Waals surface area contributed by atoms with Crippen LogP contribution in [0.3, 0.4) is 0 Å². The van der Waals surface area contributed by atoms with Gasteiger partial charge in [-0.3, -0.25) is 5.01 Å². The number of nitrogens with zero attached hydrogens (tertiary/aromatic N) is 6. The van der Waals surface area contributed by atoms with E-state index in [1.807, 2.05) is 40.9 Å². The van der Waals surface area contributed by atoms with Crippen molar-refractivity contribution in [2.24, 2.45) is 5.41 Å². The van der Waals surface area contributed by atoms with Crippen LogP contribution in [0.15, 0.2) is 10.7 Å². The zero-order valence-corrected chi connectivity index (χ0v) is 20.4. The van der Waals surface area contributed by atoms with Crippen molar-refractivity contribution < 1.29 is 9.53 Å². The third kappa shape index (κ3) is 8.96. The van der Waals surface area contributed by atoms with E-state index in [0.29, 0.717) is 23.4 Å². The van der Waals surface area contributed by atoms with Gasteiger partial charge >= 0.3 is 6.09 Å². The van der Waals surface area contributed by atoms with E-state index < -0.39 is 11.7 Å². The topological polar surface area (TPSA) is 85.6 Å². The molecule has 0 unspecified atom stereocenters. The largest absolute Gasteiger partial charge is 0.442 e. The zero-order chi connectivity index (χ0) is 22.4. The van der Waals surface area contributed by atoms with Crippen molar-refractivity contribution in [1.82, 2.24) is 19.9 Å². The van der Waals surface area contributed by atoms with E-state index in [0.717, 1.165) is 13.0 Å². The fourth-order valence-corrected chi connectivity index (χ4v) is 2.87. The van der Waals surface area contributed by atoms with E-state index in [9.17, 15) is 10.1 Å². The van der Waals surface area contributed by atoms with Crippen molar-refractivity contribution in [3.8, 4) is 6.07 Å². The van der Waals surface area contributed by atoms with Crippen LogP contribution in [0.2, 0.25) is 0 Å². The number of halogens is 1. The summed E-state index contributed by atoms with van der Waals surface area (Å²) in [6, 6.07) is 1.97. The summed E-state index contributed by atoms with van der Waals surface area (Å²) in [7, 11) is 3.98. The standard InChI is InChI=1S/C20H33BrN6O2/c1-19(2,3)14-27(17-15(21)13-23-16(12-22)24-17)26(11-9-10-25(7)8)18(28)29-20(4,5)6/h13H,9-11,14H2,1-8H3. The smallest absolute Gasteiger partial charge is 0.429 e. The highest BCUT2D eigenvalue weighted by Gasteiger charge is 2.32. The van der Waals surface area contributed by atoms with E-state index in [-0.39, 0.29) is 11.2 Å². The van der Waals surface area contributed by atoms with Crippen molar-refractivity contribution in [3.63, 3.8) is 0 Å². The molecule has 1 rings (SSSR count). The quantitative estimate of drug-likeness (QED) is 0.557. The Labute approximate surface area is 182 Å². The van der Waals surface area contributed by atoms with Crippen LogP contribution in [0, 0.1) is 16.7 Å². The molecule has 9 heteroatoms. The van der Waals surface area contributed by atoms with E-state index in [2.05, 4.69) is 51.6 Å². The van der Waals surface area contributed by atoms with Crippen LogP contribution >= 0.6 is 15.9 Å². The lowest BCUT2D eigenvalue weighted by Crippen LogP contribution is -2.52. The third-order valence-electron chi connectivity index (χ3n) is 3.57. The molecule has 162 valence electrons. The number of carbonyl (C=O) groups excluding carboxylic acids is 1. The van der Waals surface area contributed by atoms with E-state index in [4.69, 9.17) is 4.74 Å². The summed E-state index contributed by atoms with van der Waals surface area (Å²) in [6.07, 6.45) is 1.83. The number of rotatable bonds is 7. The Bertz CT molecular complexity index is 734. The molecule has 0 saturated heterocycles. The molecule has 0 fully saturated rings. The fourth-order valence-electron chi connectivity index (χ4n) is 2.48. The number of hydrazine groups is 1. The highest BCUT2D eigenvalue weighted by atomic mass is 79.9. The number of amides is 1. The first-order valence-electron chi connectivity index (χ1n) is 9.59. The number of hydrogen-bond acceptors (Lipinski definition) is 7. The molecule has 29 heavy (non-hydrogen) atoms. The Kier molecular flexibility index (Phi) is 8.84. The van der Waals surface area contributed by atoms with Gasteiger partial charge in [0, 0.05) is 19.3 Å². The maximum absolute atomic E-state index is 13.1. The predicted octanol–water partition coefficient (Wildman–Crippen LogP) is 4.07. The summed E-state index contributed by atoms with van der Waals surface area (Å²) in [6.45, 7) is 13.5. The zero-order valence-electron chi connectivity index (χ0n) is 18.8. The van der Waals surface area contributed by atoms with Gasteiger partial charge in [-0.2, -0.15) is 10.2 Å². The van der Waals surface area contributed by atoms with Gasteiger partial charge in [0.15, 0.2) is 5.82 Å². The van der Waals surface area contributed by atoms with E-state index in [1.165, 1.54) is 6.20 Å². The van der Waals surface area contributed by atoms with Crippen molar-refractivity contribution >= 4 is 27.8 Å². The predicted molar refractivity (Wildman–Crippen MR) is 117 cm³/mol. The second kappa shape index (κ2) is 10.2. The number of nitriles is 1. The molecule has 0 aliphatic heterocycles. The summed E-state index contributed by atoms with van der Waals surface area (Å²) in [5, 5.41) is 12.6. The first-order chi connectivity index (χ1) is 13.2. The van der Waals surface area contributed by atoms with Gasteiger partial charge in [-0.1, -0.05) is 20.8 Å². The number of aromatic nitrogens is 2. The van der Waals surface area contributed by atoms with Crippen LogP contribution in [0.4, 0.5) is 10.6 Å². The minimum absolute atomic E-state index is 0.0412. The molecule has 0 aromatic carbocycles. The molecular weight excluding hydrogens is 436 g/mol. The maximum atomic E-state index is 13.1. The summed E-state index contributed by atoms with van der Waals surface area (Å²) >= 11 is 3.47. The molecule has 0 saturated carbocycles. The van der Waals surface area contributed by atoms with Crippen molar-refractivity contribution in [2.75, 3.05) is 38.7 Å². The summed E-state index contributed by atoms with van der Waals surface area (Å²) < 4.78 is 6.28. The highest BCUT2D eigenvalue weighted by Crippen LogP contribution is 2.29. The summed E-state index contributed by atoms with van der Waals surface area (Å²) in [5.74, 6) is 0.502. The number of carbonyl (C=O) groups is 1. The van der Waals surface area contributed by atoms with Gasteiger partial charge in [-0.15, -0.1) is 0 Å². The molecule has 0 aliphatic rings. The van der Waals surface area contributed by atoms with Crippen LogP contribution in [-0.4, -0.2) is 65.3 Å². The van der Waals surface area contributed by atoms with Gasteiger partial charge in [0.05, 0.1) is 4.47 Å². The lowest BCUT2D eigenvalue weighted by Gasteiger charge is -2.40. The Morgan fingerprint density at radius 2 is 1.83 bits per heavy atom. The first kappa shape index (κ1) is 25.1. The SMILES string of the molecule is CN(C)CCCN(C(=O)OC(C)(C)C)N(CC(C)(C)C)c1nc(C#N)ncc1Br. The highest BCUT2D eigenvalue weighted by molar-refractivity contribution is 9.10. The Hall–Kier alpha value is -1.92. The molecule has 1 amide bonds. The normalized spacial score (nSPS) is 11.9. The van der Waals surface area contributed by atoms with Crippen molar-refractivity contribution in [1.29, 1.82) is 5.26 Å². The van der Waals surface area contributed by atoms with E-state index >= 15 is 0 Å². The van der Waals surface area contributed by atoms with Gasteiger partial charge in [-0.05, 0) is 69.2 Å². The lowest BCUT2D eigenvalue weighted by molar-refractivity contribution is 0.0202. The average Bonchev–Trinajstić information content (AvgIpc) is 2.55. The van der Waals surface area contributed by atoms with Crippen LogP contribution in [0.25, 0.3) is 0 Å². The Morgan fingerprint density at radius 1 is 1.21 bits per heavy atom. The number of hydrogen-bond donors (Lipinski definition) is 0. The van der Waals surface area contributed by atoms with Gasteiger partial charge in [0.25, 0.3) is 0 Å². The van der Waals surface area contributed by atoms with Crippen molar-refractivity contribution in [2.45, 2.75) is 53.6 Å². The molecule has 1 aromatic heterocycles. The molecule has 0 bridgehead atoms. The van der Waals surface area contributed by atoms with Crippen LogP contribution < -0.4 is 5.01 Å². The second-order valence-electron chi connectivity index (χ2n) is 9.36. The molecule has 0 aliphatic carbocycles. The summed E-state index contributed by atoms with van der Waals surface area (Å²) in [4.78, 5) is 23.6. The monoisotopic (exact) mass is 468 g/mol. The molecule has 0 radical (unpaired) electrons. The molecule has 1 heterocycles. The molecule has 0 atom stereocenters. The second-order valence-corrected chi connectivity index (χ2v) is 10.2. The minimum Gasteiger partial charge on any atom is -0.442 e. The molecule has 0 N–H and O–H groups in total. The van der Waals surface area contributed by atoms with E-state index in [1.54, 1.807) is 10.0 Å². The Morgan fingerprint density at radius 3 is 2.31 bits per heavy atom. The maximum Gasteiger partial charge on any atom is 0.429 e. The minimum atomic E-state index is -0.634. The molecule has 8 nitrogen and oxygen atoms in total. The number of anilines is 1. The van der Waals surface area contributed by atoms with Gasteiger partial charge in [0.1, 0.15) is 11.7 Å². The Balaban J connectivity index is 3.41. The average molecular weight is 469 g/mol. The molecular formula is C20H33BrN6O2. The van der Waals surface area contributed by atoms with Gasteiger partial charge in [-0.25, -0.2) is 14.8 Å². The van der Waals surface area contributed by atoms with Crippen LogP contribution in [-0.2, 0) is 4.74 Å². The molecule has 0 spiro atoms. The lowest BCUT2D eigenvalue weighted by atomic mass is 9.96. The van der Waals surface area contributed by atoms with Crippen molar-refractivity contribution in [3.05, 3.63) is 16.5 Å². The fraction of sp³-hybridized carbons (Fsp3) is 0.700. The van der Waals surface area contributed by atoms with Gasteiger partial charge < -0.3 is 9.64 Å². The first-order valence-corrected chi connectivity index (χ1v) is 10.4.